The van der Waals surface area contributed by atoms with E-state index in [4.69, 9.17) is 5.11 Å². The predicted molar refractivity (Wildman–Crippen MR) is 77.7 cm³/mol. The zero-order valence-electron chi connectivity index (χ0n) is 11.8. The molecule has 0 aromatic heterocycles. The van der Waals surface area contributed by atoms with Crippen molar-refractivity contribution in [2.45, 2.75) is 37.6 Å². The lowest BCUT2D eigenvalue weighted by molar-refractivity contribution is 0.350. The van der Waals surface area contributed by atoms with Crippen molar-refractivity contribution in [3.8, 4) is 11.8 Å². The van der Waals surface area contributed by atoms with Crippen LogP contribution in [0.3, 0.4) is 0 Å². The Morgan fingerprint density at radius 1 is 1.40 bits per heavy atom. The monoisotopic (exact) mass is 293 g/mol. The molecule has 1 aromatic rings. The van der Waals surface area contributed by atoms with Gasteiger partial charge in [-0.2, -0.15) is 4.31 Å². The van der Waals surface area contributed by atoms with Gasteiger partial charge in [0.1, 0.15) is 6.61 Å². The molecular formula is C15H19NO3S. The molecule has 1 fully saturated rings. The van der Waals surface area contributed by atoms with E-state index in [2.05, 4.69) is 11.8 Å². The molecule has 5 heteroatoms. The molecule has 0 heterocycles. The van der Waals surface area contributed by atoms with Crippen LogP contribution in [0.5, 0.6) is 0 Å². The Labute approximate surface area is 120 Å². The fourth-order valence-electron chi connectivity index (χ4n) is 2.19. The summed E-state index contributed by atoms with van der Waals surface area (Å²) in [5.74, 6) is 5.38. The largest absolute Gasteiger partial charge is 0.384 e. The molecule has 1 N–H and O–H groups in total. The Morgan fingerprint density at radius 2 is 2.10 bits per heavy atom. The van der Waals surface area contributed by atoms with Crippen molar-refractivity contribution in [1.29, 1.82) is 0 Å². The van der Waals surface area contributed by atoms with Crippen molar-refractivity contribution >= 4 is 10.0 Å². The van der Waals surface area contributed by atoms with Crippen molar-refractivity contribution in [2.24, 2.45) is 0 Å². The molecule has 108 valence electrons. The van der Waals surface area contributed by atoms with Gasteiger partial charge >= 0.3 is 0 Å². The number of aryl methyl sites for hydroxylation is 1. The van der Waals surface area contributed by atoms with Crippen LogP contribution in [0.15, 0.2) is 23.1 Å². The first kappa shape index (κ1) is 15.0. The minimum absolute atomic E-state index is 0.166. The number of hydrogen-bond donors (Lipinski definition) is 1. The molecule has 0 unspecified atom stereocenters. The van der Waals surface area contributed by atoms with E-state index in [0.717, 1.165) is 24.0 Å². The number of aliphatic hydroxyl groups is 1. The first-order valence-corrected chi connectivity index (χ1v) is 8.17. The van der Waals surface area contributed by atoms with E-state index in [9.17, 15) is 8.42 Å². The number of aliphatic hydroxyl groups excluding tert-OH is 1. The molecule has 0 bridgehead atoms. The van der Waals surface area contributed by atoms with Gasteiger partial charge in [0.25, 0.3) is 0 Å². The average Bonchev–Trinajstić information content (AvgIpc) is 3.22. The topological polar surface area (TPSA) is 57.6 Å². The summed E-state index contributed by atoms with van der Waals surface area (Å²) < 4.78 is 26.7. The van der Waals surface area contributed by atoms with Crippen LogP contribution in [0.1, 0.15) is 30.9 Å². The molecule has 0 spiro atoms. The highest BCUT2D eigenvalue weighted by Gasteiger charge is 2.36. The van der Waals surface area contributed by atoms with Crippen molar-refractivity contribution in [1.82, 2.24) is 4.31 Å². The van der Waals surface area contributed by atoms with Gasteiger partial charge in [0.15, 0.2) is 0 Å². The quantitative estimate of drug-likeness (QED) is 0.856. The first-order chi connectivity index (χ1) is 9.50. The minimum Gasteiger partial charge on any atom is -0.384 e. The Hall–Kier alpha value is -1.35. The summed E-state index contributed by atoms with van der Waals surface area (Å²) in [5.41, 5.74) is 1.55. The van der Waals surface area contributed by atoms with Crippen LogP contribution in [0.4, 0.5) is 0 Å². The van der Waals surface area contributed by atoms with Gasteiger partial charge in [-0.15, -0.1) is 0 Å². The lowest BCUT2D eigenvalue weighted by Crippen LogP contribution is -2.32. The molecule has 1 saturated carbocycles. The SMILES string of the molecule is CCN(C1CC1)S(=O)(=O)c1ccc(C#CCO)c(C)c1. The van der Waals surface area contributed by atoms with Gasteiger partial charge in [-0.1, -0.05) is 18.8 Å². The number of nitrogens with zero attached hydrogens (tertiary/aromatic N) is 1. The number of hydrogen-bond acceptors (Lipinski definition) is 3. The standard InChI is InChI=1S/C15H19NO3S/c1-3-16(14-7-8-14)20(18,19)15-9-6-13(5-4-10-17)12(2)11-15/h6,9,11,14,17H,3,7-8,10H2,1-2H3. The molecule has 2 rings (SSSR count). The summed E-state index contributed by atoms with van der Waals surface area (Å²) in [6, 6.07) is 5.11. The Bertz CT molecular complexity index is 651. The Balaban J connectivity index is 2.35. The summed E-state index contributed by atoms with van der Waals surface area (Å²) >= 11 is 0. The third-order valence-corrected chi connectivity index (χ3v) is 5.40. The van der Waals surface area contributed by atoms with Crippen LogP contribution in [0.25, 0.3) is 0 Å². The van der Waals surface area contributed by atoms with E-state index < -0.39 is 10.0 Å². The molecule has 4 nitrogen and oxygen atoms in total. The van der Waals surface area contributed by atoms with Gasteiger partial charge in [0.05, 0.1) is 4.90 Å². The lowest BCUT2D eigenvalue weighted by Gasteiger charge is -2.20. The molecule has 1 aliphatic carbocycles. The fourth-order valence-corrected chi connectivity index (χ4v) is 3.97. The van der Waals surface area contributed by atoms with E-state index in [1.54, 1.807) is 22.5 Å². The van der Waals surface area contributed by atoms with E-state index in [0.29, 0.717) is 11.4 Å². The molecule has 0 aliphatic heterocycles. The fraction of sp³-hybridized carbons (Fsp3) is 0.467. The Kier molecular flexibility index (Phi) is 4.48. The molecule has 1 aliphatic rings. The Morgan fingerprint density at radius 3 is 2.60 bits per heavy atom. The normalized spacial score (nSPS) is 15.0. The highest BCUT2D eigenvalue weighted by molar-refractivity contribution is 7.89. The second-order valence-electron chi connectivity index (χ2n) is 4.88. The van der Waals surface area contributed by atoms with E-state index in [-0.39, 0.29) is 12.6 Å². The summed E-state index contributed by atoms with van der Waals surface area (Å²) in [5, 5.41) is 8.70. The summed E-state index contributed by atoms with van der Waals surface area (Å²) in [4.78, 5) is 0.318. The average molecular weight is 293 g/mol. The van der Waals surface area contributed by atoms with Crippen LogP contribution >= 0.6 is 0 Å². The first-order valence-electron chi connectivity index (χ1n) is 6.73. The van der Waals surface area contributed by atoms with Gasteiger partial charge in [-0.25, -0.2) is 8.42 Å². The molecule has 20 heavy (non-hydrogen) atoms. The highest BCUT2D eigenvalue weighted by atomic mass is 32.2. The van der Waals surface area contributed by atoms with Crippen LogP contribution in [-0.4, -0.2) is 37.0 Å². The molecule has 0 atom stereocenters. The van der Waals surface area contributed by atoms with Crippen molar-refractivity contribution in [3.63, 3.8) is 0 Å². The van der Waals surface area contributed by atoms with E-state index in [1.807, 2.05) is 13.8 Å². The summed E-state index contributed by atoms with van der Waals surface area (Å²) in [6.45, 7) is 3.99. The van der Waals surface area contributed by atoms with Crippen molar-refractivity contribution in [3.05, 3.63) is 29.3 Å². The van der Waals surface area contributed by atoms with Crippen LogP contribution in [-0.2, 0) is 10.0 Å². The number of rotatable bonds is 4. The zero-order chi connectivity index (χ0) is 14.8. The van der Waals surface area contributed by atoms with Gasteiger partial charge in [-0.3, -0.25) is 0 Å². The second kappa shape index (κ2) is 5.96. The van der Waals surface area contributed by atoms with Crippen molar-refractivity contribution < 1.29 is 13.5 Å². The van der Waals surface area contributed by atoms with E-state index >= 15 is 0 Å². The zero-order valence-corrected chi connectivity index (χ0v) is 12.6. The predicted octanol–water partition coefficient (Wildman–Crippen LogP) is 1.51. The van der Waals surface area contributed by atoms with Gasteiger partial charge < -0.3 is 5.11 Å². The third kappa shape index (κ3) is 3.04. The van der Waals surface area contributed by atoms with Crippen LogP contribution < -0.4 is 0 Å². The minimum atomic E-state index is -3.41. The van der Waals surface area contributed by atoms with Gasteiger partial charge in [-0.05, 0) is 43.5 Å². The van der Waals surface area contributed by atoms with Gasteiger partial charge in [0, 0.05) is 18.2 Å². The maximum atomic E-state index is 12.6. The molecule has 0 amide bonds. The molecule has 0 saturated heterocycles. The third-order valence-electron chi connectivity index (χ3n) is 3.37. The van der Waals surface area contributed by atoms with Crippen LogP contribution in [0.2, 0.25) is 0 Å². The lowest BCUT2D eigenvalue weighted by atomic mass is 10.1. The molecule has 1 aromatic carbocycles. The van der Waals surface area contributed by atoms with Gasteiger partial charge in [0.2, 0.25) is 10.0 Å². The van der Waals surface area contributed by atoms with E-state index in [1.165, 1.54) is 0 Å². The molecular weight excluding hydrogens is 274 g/mol. The maximum Gasteiger partial charge on any atom is 0.243 e. The highest BCUT2D eigenvalue weighted by Crippen LogP contribution is 2.32. The summed E-state index contributed by atoms with van der Waals surface area (Å²) in [6.07, 6.45) is 1.90. The maximum absolute atomic E-state index is 12.6. The smallest absolute Gasteiger partial charge is 0.243 e. The van der Waals surface area contributed by atoms with Crippen LogP contribution in [0, 0.1) is 18.8 Å². The van der Waals surface area contributed by atoms with Crippen molar-refractivity contribution in [2.75, 3.05) is 13.2 Å². The molecule has 0 radical (unpaired) electrons. The second-order valence-corrected chi connectivity index (χ2v) is 6.77. The number of benzene rings is 1. The summed E-state index contributed by atoms with van der Waals surface area (Å²) in [7, 11) is -3.41. The number of sulfonamides is 1.